The zero-order valence-electron chi connectivity index (χ0n) is 11.1. The van der Waals surface area contributed by atoms with Crippen LogP contribution in [-0.4, -0.2) is 39.8 Å². The molecular formula is C12H21NO4. The van der Waals surface area contributed by atoms with Gasteiger partial charge >= 0.3 is 5.97 Å². The van der Waals surface area contributed by atoms with Gasteiger partial charge in [0.1, 0.15) is 17.9 Å². The third-order valence-electron chi connectivity index (χ3n) is 2.77. The fraction of sp³-hybridized carbons (Fsp3) is 0.833. The highest BCUT2D eigenvalue weighted by molar-refractivity contribution is 5.84. The lowest BCUT2D eigenvalue weighted by Crippen LogP contribution is -2.46. The van der Waals surface area contributed by atoms with Crippen LogP contribution in [0.2, 0.25) is 0 Å². The molecule has 0 aromatic rings. The third kappa shape index (κ3) is 3.19. The topological polar surface area (TPSA) is 66.8 Å². The van der Waals surface area contributed by atoms with Crippen molar-refractivity contribution in [1.82, 2.24) is 4.90 Å². The SMILES string of the molecule is CC(=O)N1C(O)C(C)C[C@H]1C(=O)OC(C)(C)C. The van der Waals surface area contributed by atoms with Crippen LogP contribution in [0.5, 0.6) is 0 Å². The van der Waals surface area contributed by atoms with E-state index in [0.717, 1.165) is 0 Å². The minimum Gasteiger partial charge on any atom is -0.458 e. The Balaban J connectivity index is 2.82. The van der Waals surface area contributed by atoms with E-state index in [9.17, 15) is 14.7 Å². The fourth-order valence-electron chi connectivity index (χ4n) is 2.03. The normalized spacial score (nSPS) is 29.3. The predicted molar refractivity (Wildman–Crippen MR) is 61.9 cm³/mol. The number of rotatable bonds is 1. The van der Waals surface area contributed by atoms with Crippen LogP contribution in [-0.2, 0) is 14.3 Å². The number of amides is 1. The van der Waals surface area contributed by atoms with Gasteiger partial charge in [0.15, 0.2) is 0 Å². The van der Waals surface area contributed by atoms with E-state index in [0.29, 0.717) is 6.42 Å². The van der Waals surface area contributed by atoms with E-state index in [-0.39, 0.29) is 11.8 Å². The van der Waals surface area contributed by atoms with Crippen LogP contribution in [0.1, 0.15) is 41.0 Å². The van der Waals surface area contributed by atoms with Gasteiger partial charge in [0.05, 0.1) is 0 Å². The van der Waals surface area contributed by atoms with E-state index in [1.807, 2.05) is 6.92 Å². The van der Waals surface area contributed by atoms with Gasteiger partial charge in [-0.3, -0.25) is 4.79 Å². The lowest BCUT2D eigenvalue weighted by Gasteiger charge is -2.28. The van der Waals surface area contributed by atoms with E-state index >= 15 is 0 Å². The molecule has 0 radical (unpaired) electrons. The van der Waals surface area contributed by atoms with Crippen molar-refractivity contribution in [2.24, 2.45) is 5.92 Å². The maximum absolute atomic E-state index is 11.9. The summed E-state index contributed by atoms with van der Waals surface area (Å²) in [5, 5.41) is 9.84. The quantitative estimate of drug-likeness (QED) is 0.695. The van der Waals surface area contributed by atoms with E-state index < -0.39 is 23.8 Å². The number of aliphatic hydroxyl groups excluding tert-OH is 1. The van der Waals surface area contributed by atoms with E-state index in [2.05, 4.69) is 0 Å². The molecule has 2 unspecified atom stereocenters. The standard InChI is InChI=1S/C12H21NO4/c1-7-6-9(11(16)17-12(3,4)5)13(8(2)14)10(7)15/h7,9-10,15H,6H2,1-5H3/t7?,9-,10?/m0/s1. The first-order valence-corrected chi connectivity index (χ1v) is 5.83. The van der Waals surface area contributed by atoms with E-state index in [1.54, 1.807) is 20.8 Å². The van der Waals surface area contributed by atoms with Crippen LogP contribution < -0.4 is 0 Å². The Morgan fingerprint density at radius 1 is 1.35 bits per heavy atom. The van der Waals surface area contributed by atoms with Gasteiger partial charge in [-0.15, -0.1) is 0 Å². The molecule has 0 spiro atoms. The molecule has 0 saturated carbocycles. The lowest BCUT2D eigenvalue weighted by molar-refractivity contribution is -0.166. The summed E-state index contributed by atoms with van der Waals surface area (Å²) < 4.78 is 5.25. The summed E-state index contributed by atoms with van der Waals surface area (Å²) in [5.41, 5.74) is -0.587. The molecule has 1 saturated heterocycles. The van der Waals surface area contributed by atoms with Crippen molar-refractivity contribution in [1.29, 1.82) is 0 Å². The van der Waals surface area contributed by atoms with Crippen LogP contribution in [0.4, 0.5) is 0 Å². The molecule has 0 aromatic carbocycles. The Kier molecular flexibility index (Phi) is 3.81. The van der Waals surface area contributed by atoms with Gasteiger partial charge in [0.2, 0.25) is 5.91 Å². The van der Waals surface area contributed by atoms with Gasteiger partial charge in [-0.2, -0.15) is 0 Å². The molecule has 1 heterocycles. The van der Waals surface area contributed by atoms with E-state index in [1.165, 1.54) is 11.8 Å². The van der Waals surface area contributed by atoms with Gasteiger partial charge in [0, 0.05) is 12.8 Å². The van der Waals surface area contributed by atoms with Crippen LogP contribution in [0.3, 0.4) is 0 Å². The zero-order valence-corrected chi connectivity index (χ0v) is 11.1. The number of aliphatic hydroxyl groups is 1. The molecule has 1 rings (SSSR count). The lowest BCUT2D eigenvalue weighted by atomic mass is 10.1. The van der Waals surface area contributed by atoms with Crippen molar-refractivity contribution in [3.05, 3.63) is 0 Å². The first-order valence-electron chi connectivity index (χ1n) is 5.83. The first-order chi connectivity index (χ1) is 7.63. The second kappa shape index (κ2) is 4.64. The molecule has 1 fully saturated rings. The minimum atomic E-state index is -0.898. The van der Waals surface area contributed by atoms with Crippen molar-refractivity contribution in [3.63, 3.8) is 0 Å². The highest BCUT2D eigenvalue weighted by Gasteiger charge is 2.44. The number of likely N-dealkylation sites (tertiary alicyclic amines) is 1. The highest BCUT2D eigenvalue weighted by atomic mass is 16.6. The first kappa shape index (κ1) is 14.0. The molecule has 5 nitrogen and oxygen atoms in total. The number of carbonyl (C=O) groups excluding carboxylic acids is 2. The molecule has 1 aliphatic rings. The summed E-state index contributed by atoms with van der Waals surface area (Å²) in [6.07, 6.45) is -0.458. The second-order valence-electron chi connectivity index (χ2n) is 5.60. The van der Waals surface area contributed by atoms with Gasteiger partial charge in [0.25, 0.3) is 0 Å². The van der Waals surface area contributed by atoms with Crippen molar-refractivity contribution in [2.75, 3.05) is 0 Å². The zero-order chi connectivity index (χ0) is 13.4. The molecule has 98 valence electrons. The number of carbonyl (C=O) groups is 2. The Morgan fingerprint density at radius 2 is 1.88 bits per heavy atom. The molecule has 17 heavy (non-hydrogen) atoms. The maximum Gasteiger partial charge on any atom is 0.329 e. The number of nitrogens with zero attached hydrogens (tertiary/aromatic N) is 1. The molecule has 1 N–H and O–H groups in total. The Labute approximate surface area is 102 Å². The Morgan fingerprint density at radius 3 is 2.29 bits per heavy atom. The van der Waals surface area contributed by atoms with Gasteiger partial charge in [-0.25, -0.2) is 4.79 Å². The Hall–Kier alpha value is -1.10. The van der Waals surface area contributed by atoms with Crippen molar-refractivity contribution in [2.45, 2.75) is 58.9 Å². The molecule has 1 amide bonds. The van der Waals surface area contributed by atoms with Crippen LogP contribution in [0, 0.1) is 5.92 Å². The molecule has 0 aliphatic carbocycles. The summed E-state index contributed by atoms with van der Waals surface area (Å²) in [6, 6.07) is -0.670. The van der Waals surface area contributed by atoms with Crippen LogP contribution in [0.15, 0.2) is 0 Å². The number of esters is 1. The van der Waals surface area contributed by atoms with Crippen molar-refractivity contribution < 1.29 is 19.4 Å². The summed E-state index contributed by atoms with van der Waals surface area (Å²) in [5.74, 6) is -0.870. The van der Waals surface area contributed by atoms with Gasteiger partial charge in [-0.05, 0) is 27.2 Å². The third-order valence-corrected chi connectivity index (χ3v) is 2.77. The van der Waals surface area contributed by atoms with Crippen molar-refractivity contribution >= 4 is 11.9 Å². The smallest absolute Gasteiger partial charge is 0.329 e. The van der Waals surface area contributed by atoms with Crippen molar-refractivity contribution in [3.8, 4) is 0 Å². The van der Waals surface area contributed by atoms with E-state index in [4.69, 9.17) is 4.74 Å². The largest absolute Gasteiger partial charge is 0.458 e. The Bertz CT molecular complexity index is 321. The molecule has 3 atom stereocenters. The predicted octanol–water partition coefficient (Wildman–Crippen LogP) is 0.903. The molecule has 0 bridgehead atoms. The van der Waals surface area contributed by atoms with Gasteiger partial charge in [-0.1, -0.05) is 6.92 Å². The highest BCUT2D eigenvalue weighted by Crippen LogP contribution is 2.29. The van der Waals surface area contributed by atoms with Crippen LogP contribution in [0.25, 0.3) is 0 Å². The monoisotopic (exact) mass is 243 g/mol. The summed E-state index contributed by atoms with van der Waals surface area (Å²) in [6.45, 7) is 8.48. The average Bonchev–Trinajstić information content (AvgIpc) is 2.40. The summed E-state index contributed by atoms with van der Waals surface area (Å²) in [4.78, 5) is 24.6. The minimum absolute atomic E-state index is 0.114. The van der Waals surface area contributed by atoms with Crippen LogP contribution >= 0.6 is 0 Å². The number of hydrogen-bond acceptors (Lipinski definition) is 4. The fourth-order valence-corrected chi connectivity index (χ4v) is 2.03. The molecule has 0 aromatic heterocycles. The molecular weight excluding hydrogens is 222 g/mol. The second-order valence-corrected chi connectivity index (χ2v) is 5.60. The maximum atomic E-state index is 11.9. The average molecular weight is 243 g/mol. The molecule has 5 heteroatoms. The molecule has 1 aliphatic heterocycles. The van der Waals surface area contributed by atoms with Gasteiger partial charge < -0.3 is 14.7 Å². The number of ether oxygens (including phenoxy) is 1. The summed E-state index contributed by atoms with van der Waals surface area (Å²) >= 11 is 0. The summed E-state index contributed by atoms with van der Waals surface area (Å²) in [7, 11) is 0. The number of hydrogen-bond donors (Lipinski definition) is 1.